The first-order chi connectivity index (χ1) is 27.4. The maximum absolute atomic E-state index is 12.1. The number of hydrogen-bond donors (Lipinski definition) is 5. The van der Waals surface area contributed by atoms with Crippen LogP contribution in [-0.2, 0) is 19.2 Å². The number of piperidine rings is 1. The number of rotatable bonds is 22. The molecule has 0 aromatic carbocycles. The van der Waals surface area contributed by atoms with Crippen molar-refractivity contribution < 1.29 is 19.2 Å². The molecular weight excluding hydrogens is 717 g/mol. The highest BCUT2D eigenvalue weighted by Crippen LogP contribution is 2.17. The third-order valence-electron chi connectivity index (χ3n) is 10.1. The van der Waals surface area contributed by atoms with Crippen LogP contribution in [0.25, 0.3) is 0 Å². The van der Waals surface area contributed by atoms with Gasteiger partial charge in [-0.1, -0.05) is 89.0 Å². The van der Waals surface area contributed by atoms with Crippen LogP contribution in [0.4, 0.5) is 0 Å². The smallest absolute Gasteiger partial charge is 0.243 e. The molecule has 2 unspecified atom stereocenters. The van der Waals surface area contributed by atoms with E-state index in [1.54, 1.807) is 0 Å². The number of aldehydes is 1. The molecule has 3 aliphatic rings. The maximum Gasteiger partial charge on any atom is 0.243 e. The topological polar surface area (TPSA) is 138 Å². The van der Waals surface area contributed by atoms with Crippen molar-refractivity contribution >= 4 is 24.0 Å². The number of carbonyl (C=O) groups is 4. The van der Waals surface area contributed by atoms with Crippen LogP contribution in [-0.4, -0.2) is 141 Å². The zero-order chi connectivity index (χ0) is 43.4. The van der Waals surface area contributed by atoms with Crippen LogP contribution in [0.2, 0.25) is 0 Å². The fraction of sp³-hybridized carbons (Fsp3) is 0.911. The van der Waals surface area contributed by atoms with Crippen molar-refractivity contribution in [1.29, 1.82) is 0 Å². The molecular formula is C45H94N8O4. The van der Waals surface area contributed by atoms with Gasteiger partial charge in [-0.3, -0.25) is 19.3 Å². The minimum atomic E-state index is -0.775. The van der Waals surface area contributed by atoms with E-state index in [-0.39, 0.29) is 24.1 Å². The van der Waals surface area contributed by atoms with E-state index in [1.807, 2.05) is 27.7 Å². The van der Waals surface area contributed by atoms with E-state index in [0.717, 1.165) is 57.5 Å². The third-order valence-corrected chi connectivity index (χ3v) is 10.1. The van der Waals surface area contributed by atoms with Crippen LogP contribution in [0, 0.1) is 5.92 Å². The molecule has 0 bridgehead atoms. The number of nitrogens with one attached hydrogen (secondary N) is 5. The number of unbranched alkanes of at least 4 members (excludes halogenated alkanes) is 4. The maximum atomic E-state index is 12.1. The number of nitrogens with zero attached hydrogens (tertiary/aromatic N) is 3. The predicted molar refractivity (Wildman–Crippen MR) is 242 cm³/mol. The molecule has 3 aliphatic heterocycles. The van der Waals surface area contributed by atoms with Gasteiger partial charge < -0.3 is 41.2 Å². The summed E-state index contributed by atoms with van der Waals surface area (Å²) in [7, 11) is 2.25. The summed E-state index contributed by atoms with van der Waals surface area (Å²) in [6.45, 7) is 34.6. The minimum absolute atomic E-state index is 0.0130. The lowest BCUT2D eigenvalue weighted by molar-refractivity contribution is -0.138. The van der Waals surface area contributed by atoms with E-state index in [1.165, 1.54) is 84.3 Å². The van der Waals surface area contributed by atoms with E-state index < -0.39 is 12.1 Å². The molecule has 12 heteroatoms. The molecule has 0 aromatic heterocycles. The Hall–Kier alpha value is -2.12. The van der Waals surface area contributed by atoms with E-state index >= 15 is 0 Å². The van der Waals surface area contributed by atoms with Crippen LogP contribution >= 0.6 is 0 Å². The molecule has 0 aliphatic carbocycles. The van der Waals surface area contributed by atoms with Crippen molar-refractivity contribution in [3.05, 3.63) is 0 Å². The van der Waals surface area contributed by atoms with Crippen molar-refractivity contribution in [3.8, 4) is 0 Å². The van der Waals surface area contributed by atoms with Crippen molar-refractivity contribution in [2.75, 3.05) is 72.5 Å². The molecule has 0 saturated carbocycles. The molecule has 12 nitrogen and oxygen atoms in total. The predicted octanol–water partition coefficient (Wildman–Crippen LogP) is 5.98. The summed E-state index contributed by atoms with van der Waals surface area (Å²) in [5.41, 5.74) is 0. The van der Waals surface area contributed by atoms with Gasteiger partial charge in [0, 0.05) is 57.3 Å². The van der Waals surface area contributed by atoms with Gasteiger partial charge in [-0.05, 0) is 103 Å². The Bertz CT molecular complexity index is 967. The van der Waals surface area contributed by atoms with E-state index in [2.05, 4.69) is 96.8 Å². The van der Waals surface area contributed by atoms with Crippen molar-refractivity contribution in [2.45, 2.75) is 190 Å². The second-order valence-corrected chi connectivity index (χ2v) is 16.4. The Kier molecular flexibility index (Phi) is 38.1. The molecule has 3 rings (SSSR count). The summed E-state index contributed by atoms with van der Waals surface area (Å²) in [5, 5.41) is 14.8. The molecule has 3 saturated heterocycles. The summed E-state index contributed by atoms with van der Waals surface area (Å²) in [5.74, 6) is -0.0859. The lowest BCUT2D eigenvalue weighted by Gasteiger charge is -2.42. The van der Waals surface area contributed by atoms with E-state index in [0.29, 0.717) is 31.0 Å². The number of hydrogen-bond acceptors (Lipinski definition) is 9. The standard InChI is InChI=1S/C18H34N4O3.C14H29N3.C9H19NO.2C2H6/c1-12(2)7-5-10-20-16(23)11-15-18(25)21-14(17(24)22-15)8-6-9-19-13(3)4;1-3-4-7-16-10-12-17(13-11-16)14-5-8-15(2)9-6-14;1-9(2)10-7-5-3-4-6-8-11;2*1-2/h12-15,19H,5-11H2,1-4H3,(H,20,23)(H,21,25)(H,22,24);14H,3-13H2,1-2H3;8-10H,3-7H2,1-2H3;2*1-2H3. The lowest BCUT2D eigenvalue weighted by atomic mass is 10.0. The van der Waals surface area contributed by atoms with Gasteiger partial charge in [0.15, 0.2) is 0 Å². The zero-order valence-corrected chi connectivity index (χ0v) is 39.3. The van der Waals surface area contributed by atoms with Gasteiger partial charge in [-0.2, -0.15) is 0 Å². The normalized spacial score (nSPS) is 19.1. The monoisotopic (exact) mass is 811 g/mol. The van der Waals surface area contributed by atoms with Gasteiger partial charge in [0.05, 0.1) is 6.42 Å². The molecule has 5 N–H and O–H groups in total. The number of piperazine rings is 2. The summed E-state index contributed by atoms with van der Waals surface area (Å²) < 4.78 is 0. The molecule has 57 heavy (non-hydrogen) atoms. The van der Waals surface area contributed by atoms with Crippen LogP contribution < -0.4 is 26.6 Å². The second-order valence-electron chi connectivity index (χ2n) is 16.4. The Morgan fingerprint density at radius 3 is 1.84 bits per heavy atom. The quantitative estimate of drug-likeness (QED) is 0.0661. The largest absolute Gasteiger partial charge is 0.356 e. The Labute approximate surface area is 351 Å². The highest BCUT2D eigenvalue weighted by molar-refractivity contribution is 5.99. The van der Waals surface area contributed by atoms with Crippen LogP contribution in [0.1, 0.15) is 160 Å². The first kappa shape index (κ1) is 57.0. The number of carbonyl (C=O) groups excluding carboxylic acids is 4. The highest BCUT2D eigenvalue weighted by atomic mass is 16.2. The van der Waals surface area contributed by atoms with Gasteiger partial charge >= 0.3 is 0 Å². The second kappa shape index (κ2) is 38.1. The van der Waals surface area contributed by atoms with Gasteiger partial charge in [-0.15, -0.1) is 0 Å². The molecule has 0 spiro atoms. The fourth-order valence-corrected chi connectivity index (χ4v) is 6.73. The van der Waals surface area contributed by atoms with Crippen molar-refractivity contribution in [1.82, 2.24) is 41.3 Å². The SMILES string of the molecule is CC.CC.CC(C)CCCNC(=O)CC1NC(=O)C(CCCNC(C)C)NC1=O.CC(C)NCCCCCC=O.CCCCN1CCN(C2CCN(C)CC2)CC1. The molecule has 0 aromatic rings. The number of likely N-dealkylation sites (tertiary alicyclic amines) is 1. The molecule has 2 atom stereocenters. The Balaban J connectivity index is 0. The van der Waals surface area contributed by atoms with E-state index in [4.69, 9.17) is 0 Å². The van der Waals surface area contributed by atoms with Gasteiger partial charge in [-0.25, -0.2) is 0 Å². The molecule has 3 fully saturated rings. The molecule has 3 amide bonds. The van der Waals surface area contributed by atoms with Gasteiger partial charge in [0.2, 0.25) is 17.7 Å². The van der Waals surface area contributed by atoms with E-state index in [9.17, 15) is 19.2 Å². The summed E-state index contributed by atoms with van der Waals surface area (Å²) in [4.78, 5) is 53.9. The average molecular weight is 811 g/mol. The summed E-state index contributed by atoms with van der Waals surface area (Å²) in [6.07, 6.45) is 13.9. The highest BCUT2D eigenvalue weighted by Gasteiger charge is 2.34. The Morgan fingerprint density at radius 1 is 0.737 bits per heavy atom. The zero-order valence-electron chi connectivity index (χ0n) is 39.3. The lowest BCUT2D eigenvalue weighted by Crippen LogP contribution is -2.62. The first-order valence-corrected chi connectivity index (χ1v) is 23.3. The molecule has 3 heterocycles. The third kappa shape index (κ3) is 31.5. The molecule has 338 valence electrons. The average Bonchev–Trinajstić information content (AvgIpc) is 3.19. The first-order valence-electron chi connectivity index (χ1n) is 23.3. The van der Waals surface area contributed by atoms with Gasteiger partial charge in [0.25, 0.3) is 0 Å². The summed E-state index contributed by atoms with van der Waals surface area (Å²) >= 11 is 0. The van der Waals surface area contributed by atoms with Crippen molar-refractivity contribution in [2.24, 2.45) is 5.92 Å². The fourth-order valence-electron chi connectivity index (χ4n) is 6.73. The Morgan fingerprint density at radius 2 is 1.30 bits per heavy atom. The molecule has 0 radical (unpaired) electrons. The number of amides is 3. The van der Waals surface area contributed by atoms with Crippen LogP contribution in [0.15, 0.2) is 0 Å². The van der Waals surface area contributed by atoms with Crippen molar-refractivity contribution in [3.63, 3.8) is 0 Å². The summed E-state index contributed by atoms with van der Waals surface area (Å²) in [6, 6.07) is 0.577. The van der Waals surface area contributed by atoms with Gasteiger partial charge in [0.1, 0.15) is 18.4 Å². The van der Waals surface area contributed by atoms with Crippen LogP contribution in [0.5, 0.6) is 0 Å². The minimum Gasteiger partial charge on any atom is -0.356 e. The van der Waals surface area contributed by atoms with Crippen LogP contribution in [0.3, 0.4) is 0 Å².